The number of nitrogens with zero attached hydrogens (tertiary/aromatic N) is 1. The van der Waals surface area contributed by atoms with Crippen molar-refractivity contribution in [2.45, 2.75) is 38.6 Å². The molecule has 3 heteroatoms. The average molecular weight is 324 g/mol. The van der Waals surface area contributed by atoms with Crippen LogP contribution in [0.2, 0.25) is 0 Å². The lowest BCUT2D eigenvalue weighted by Gasteiger charge is -2.18. The maximum absolute atomic E-state index is 5.65. The van der Waals surface area contributed by atoms with E-state index in [4.69, 9.17) is 4.74 Å². The second-order valence-electron chi connectivity index (χ2n) is 6.94. The monoisotopic (exact) mass is 324 g/mol. The zero-order chi connectivity index (χ0) is 16.9. The first kappa shape index (κ1) is 17.2. The largest absolute Gasteiger partial charge is 0.377 e. The van der Waals surface area contributed by atoms with Gasteiger partial charge in [0.05, 0.1) is 6.10 Å². The molecule has 0 bridgehead atoms. The van der Waals surface area contributed by atoms with Crippen LogP contribution in [0.1, 0.15) is 24.5 Å². The van der Waals surface area contributed by atoms with Gasteiger partial charge < -0.3 is 15.0 Å². The Morgan fingerprint density at radius 1 is 1.08 bits per heavy atom. The lowest BCUT2D eigenvalue weighted by Crippen LogP contribution is -2.34. The Labute approximate surface area is 145 Å². The van der Waals surface area contributed by atoms with E-state index >= 15 is 0 Å². The molecule has 24 heavy (non-hydrogen) atoms. The number of hydrogen-bond acceptors (Lipinski definition) is 3. The van der Waals surface area contributed by atoms with Crippen LogP contribution in [-0.4, -0.2) is 37.7 Å². The molecule has 3 nitrogen and oxygen atoms in total. The summed E-state index contributed by atoms with van der Waals surface area (Å²) in [5.41, 5.74) is 5.28. The Morgan fingerprint density at radius 2 is 1.83 bits per heavy atom. The summed E-state index contributed by atoms with van der Waals surface area (Å²) in [6.45, 7) is 4.88. The summed E-state index contributed by atoms with van der Waals surface area (Å²) in [6, 6.07) is 18.1. The van der Waals surface area contributed by atoms with E-state index in [1.54, 1.807) is 0 Å². The normalized spacial score (nSPS) is 20.7. The summed E-state index contributed by atoms with van der Waals surface area (Å²) in [7, 11) is 4.20. The summed E-state index contributed by atoms with van der Waals surface area (Å²) >= 11 is 0. The van der Waals surface area contributed by atoms with E-state index in [-0.39, 0.29) is 0 Å². The van der Waals surface area contributed by atoms with Gasteiger partial charge in [-0.3, -0.25) is 0 Å². The minimum Gasteiger partial charge on any atom is -0.377 e. The molecule has 1 aliphatic heterocycles. The van der Waals surface area contributed by atoms with E-state index in [1.807, 2.05) is 0 Å². The average Bonchev–Trinajstić information content (AvgIpc) is 2.99. The summed E-state index contributed by atoms with van der Waals surface area (Å²) < 4.78 is 5.65. The first-order valence-electron chi connectivity index (χ1n) is 8.80. The fourth-order valence-corrected chi connectivity index (χ4v) is 3.35. The van der Waals surface area contributed by atoms with E-state index in [1.165, 1.54) is 22.3 Å². The van der Waals surface area contributed by atoms with Gasteiger partial charge in [0.1, 0.15) is 0 Å². The van der Waals surface area contributed by atoms with Gasteiger partial charge in [-0.1, -0.05) is 48.5 Å². The van der Waals surface area contributed by atoms with Crippen LogP contribution in [0.3, 0.4) is 0 Å². The van der Waals surface area contributed by atoms with Gasteiger partial charge in [-0.05, 0) is 49.7 Å². The molecule has 1 fully saturated rings. The standard InChI is InChI=1S/C21H28N2O/c1-16-21(12-13-24-16)22-14-19-6-4-5-7-20(19)18-10-8-17(9-11-18)15-23(2)3/h4-11,16,21-22H,12-15H2,1-3H3/t16-,21+/m1/s1. The minimum atomic E-state index is 0.308. The van der Waals surface area contributed by atoms with Crippen molar-refractivity contribution in [1.29, 1.82) is 0 Å². The molecule has 1 aliphatic rings. The van der Waals surface area contributed by atoms with E-state index in [9.17, 15) is 0 Å². The molecule has 0 unspecified atom stereocenters. The molecule has 3 rings (SSSR count). The third-order valence-electron chi connectivity index (χ3n) is 4.71. The van der Waals surface area contributed by atoms with Gasteiger partial charge in [-0.15, -0.1) is 0 Å². The summed E-state index contributed by atoms with van der Waals surface area (Å²) in [5, 5.41) is 3.66. The highest BCUT2D eigenvalue weighted by Crippen LogP contribution is 2.25. The highest BCUT2D eigenvalue weighted by atomic mass is 16.5. The number of hydrogen-bond donors (Lipinski definition) is 1. The zero-order valence-corrected chi connectivity index (χ0v) is 15.0. The van der Waals surface area contributed by atoms with Crippen molar-refractivity contribution in [2.24, 2.45) is 0 Å². The zero-order valence-electron chi connectivity index (χ0n) is 15.0. The van der Waals surface area contributed by atoms with Crippen LogP contribution in [0, 0.1) is 0 Å². The smallest absolute Gasteiger partial charge is 0.0700 e. The molecule has 0 radical (unpaired) electrons. The van der Waals surface area contributed by atoms with Crippen molar-refractivity contribution < 1.29 is 4.74 Å². The summed E-state index contributed by atoms with van der Waals surface area (Å²) in [4.78, 5) is 2.19. The number of rotatable bonds is 6. The van der Waals surface area contributed by atoms with Crippen molar-refractivity contribution in [1.82, 2.24) is 10.2 Å². The van der Waals surface area contributed by atoms with Crippen LogP contribution in [-0.2, 0) is 17.8 Å². The molecule has 1 N–H and O–H groups in total. The maximum atomic E-state index is 5.65. The third kappa shape index (κ3) is 4.23. The second kappa shape index (κ2) is 7.93. The number of nitrogens with one attached hydrogen (secondary N) is 1. The van der Waals surface area contributed by atoms with Crippen LogP contribution in [0.15, 0.2) is 48.5 Å². The first-order valence-corrected chi connectivity index (χ1v) is 8.80. The number of benzene rings is 2. The molecular formula is C21H28N2O. The Balaban J connectivity index is 1.73. The van der Waals surface area contributed by atoms with Crippen molar-refractivity contribution in [3.63, 3.8) is 0 Å². The van der Waals surface area contributed by atoms with E-state index in [0.717, 1.165) is 26.1 Å². The molecule has 2 atom stereocenters. The molecule has 0 aromatic heterocycles. The first-order chi connectivity index (χ1) is 11.6. The predicted molar refractivity (Wildman–Crippen MR) is 99.9 cm³/mol. The van der Waals surface area contributed by atoms with Crippen molar-refractivity contribution in [3.05, 3.63) is 59.7 Å². The Morgan fingerprint density at radius 3 is 2.50 bits per heavy atom. The van der Waals surface area contributed by atoms with Crippen LogP contribution in [0.4, 0.5) is 0 Å². The fourth-order valence-electron chi connectivity index (χ4n) is 3.35. The van der Waals surface area contributed by atoms with Crippen molar-refractivity contribution >= 4 is 0 Å². The topological polar surface area (TPSA) is 24.5 Å². The van der Waals surface area contributed by atoms with Gasteiger partial charge in [0, 0.05) is 25.7 Å². The lowest BCUT2D eigenvalue weighted by molar-refractivity contribution is 0.113. The van der Waals surface area contributed by atoms with Crippen LogP contribution in [0.5, 0.6) is 0 Å². The molecule has 0 spiro atoms. The molecule has 0 aliphatic carbocycles. The summed E-state index contributed by atoms with van der Waals surface area (Å²) in [6.07, 6.45) is 1.41. The Hall–Kier alpha value is -1.68. The van der Waals surface area contributed by atoms with Crippen molar-refractivity contribution in [3.8, 4) is 11.1 Å². The van der Waals surface area contributed by atoms with Gasteiger partial charge in [-0.25, -0.2) is 0 Å². The molecule has 1 heterocycles. The highest BCUT2D eigenvalue weighted by Gasteiger charge is 2.23. The van der Waals surface area contributed by atoms with Crippen LogP contribution < -0.4 is 5.32 Å². The Bertz CT molecular complexity index is 651. The summed E-state index contributed by atoms with van der Waals surface area (Å²) in [5.74, 6) is 0. The fraction of sp³-hybridized carbons (Fsp3) is 0.429. The third-order valence-corrected chi connectivity index (χ3v) is 4.71. The predicted octanol–water partition coefficient (Wildman–Crippen LogP) is 3.68. The van der Waals surface area contributed by atoms with E-state index in [2.05, 4.69) is 79.8 Å². The van der Waals surface area contributed by atoms with Gasteiger partial charge >= 0.3 is 0 Å². The van der Waals surface area contributed by atoms with Crippen LogP contribution in [0.25, 0.3) is 11.1 Å². The van der Waals surface area contributed by atoms with Gasteiger partial charge in [0.15, 0.2) is 0 Å². The highest BCUT2D eigenvalue weighted by molar-refractivity contribution is 5.67. The molecule has 0 saturated carbocycles. The molecular weight excluding hydrogens is 296 g/mol. The molecule has 1 saturated heterocycles. The maximum Gasteiger partial charge on any atom is 0.0700 e. The minimum absolute atomic E-state index is 0.308. The van der Waals surface area contributed by atoms with Crippen molar-refractivity contribution in [2.75, 3.05) is 20.7 Å². The van der Waals surface area contributed by atoms with E-state index in [0.29, 0.717) is 12.1 Å². The number of ether oxygens (including phenoxy) is 1. The molecule has 128 valence electrons. The molecule has 2 aromatic carbocycles. The molecule has 2 aromatic rings. The molecule has 0 amide bonds. The Kier molecular flexibility index (Phi) is 5.67. The van der Waals surface area contributed by atoms with Gasteiger partial charge in [-0.2, -0.15) is 0 Å². The second-order valence-corrected chi connectivity index (χ2v) is 6.94. The van der Waals surface area contributed by atoms with Gasteiger partial charge in [0.2, 0.25) is 0 Å². The van der Waals surface area contributed by atoms with E-state index < -0.39 is 0 Å². The quantitative estimate of drug-likeness (QED) is 0.877. The van der Waals surface area contributed by atoms with Crippen LogP contribution >= 0.6 is 0 Å². The SMILES string of the molecule is C[C@H]1OCC[C@@H]1NCc1ccccc1-c1ccc(CN(C)C)cc1. The van der Waals surface area contributed by atoms with Gasteiger partial charge in [0.25, 0.3) is 0 Å². The lowest BCUT2D eigenvalue weighted by atomic mass is 9.98.